The number of hydrogen-bond acceptors (Lipinski definition) is 2. The van der Waals surface area contributed by atoms with Crippen molar-refractivity contribution in [1.29, 1.82) is 0 Å². The van der Waals surface area contributed by atoms with Crippen LogP contribution >= 0.6 is 11.8 Å². The third-order valence-corrected chi connectivity index (χ3v) is 3.11. The largest absolute Gasteiger partial charge is 0.334 e. The van der Waals surface area contributed by atoms with Crippen LogP contribution in [0.25, 0.3) is 0 Å². The Kier molecular flexibility index (Phi) is 8.97. The summed E-state index contributed by atoms with van der Waals surface area (Å²) in [7, 11) is 0. The average molecular weight is 231 g/mol. The zero-order valence-corrected chi connectivity index (χ0v) is 11.4. The Morgan fingerprint density at radius 3 is 2.13 bits per heavy atom. The van der Waals surface area contributed by atoms with Gasteiger partial charge in [-0.05, 0) is 25.2 Å². The molecule has 0 aliphatic carbocycles. The van der Waals surface area contributed by atoms with E-state index in [1.807, 2.05) is 4.90 Å². The zero-order valence-electron chi connectivity index (χ0n) is 10.6. The van der Waals surface area contributed by atoms with Crippen LogP contribution in [0, 0.1) is 5.92 Å². The maximum Gasteiger partial charge on any atom is 0.281 e. The van der Waals surface area contributed by atoms with Gasteiger partial charge in [-0.3, -0.25) is 4.79 Å². The van der Waals surface area contributed by atoms with Crippen molar-refractivity contribution in [2.24, 2.45) is 5.92 Å². The Balaban J connectivity index is 3.80. The van der Waals surface area contributed by atoms with Gasteiger partial charge in [0.1, 0.15) is 0 Å². The van der Waals surface area contributed by atoms with Gasteiger partial charge in [0.15, 0.2) is 0 Å². The molecule has 0 rings (SSSR count). The lowest BCUT2D eigenvalue weighted by Gasteiger charge is -2.20. The van der Waals surface area contributed by atoms with E-state index >= 15 is 0 Å². The number of carbonyl (C=O) groups excluding carboxylic acids is 1. The van der Waals surface area contributed by atoms with Crippen LogP contribution in [0.4, 0.5) is 4.79 Å². The highest BCUT2D eigenvalue weighted by Crippen LogP contribution is 2.14. The summed E-state index contributed by atoms with van der Waals surface area (Å²) < 4.78 is 0. The lowest BCUT2D eigenvalue weighted by Crippen LogP contribution is -2.29. The zero-order chi connectivity index (χ0) is 11.7. The molecule has 0 spiro atoms. The quantitative estimate of drug-likeness (QED) is 0.660. The highest BCUT2D eigenvalue weighted by molar-refractivity contribution is 8.13. The standard InChI is InChI=1S/C12H25NOS/c1-5-8-13(9-6-2)12(14)15-10-7-11(3)4/h11H,5-10H2,1-4H3. The molecule has 0 aromatic rings. The van der Waals surface area contributed by atoms with E-state index in [2.05, 4.69) is 27.7 Å². The van der Waals surface area contributed by atoms with E-state index in [1.54, 1.807) is 0 Å². The first kappa shape index (κ1) is 14.8. The molecule has 90 valence electrons. The molecule has 0 saturated heterocycles. The number of thioether (sulfide) groups is 1. The number of nitrogens with zero attached hydrogens (tertiary/aromatic N) is 1. The second-order valence-corrected chi connectivity index (χ2v) is 5.33. The third-order valence-electron chi connectivity index (χ3n) is 2.17. The predicted molar refractivity (Wildman–Crippen MR) is 69.5 cm³/mol. The Labute approximate surface area is 98.8 Å². The molecule has 3 heteroatoms. The Hall–Kier alpha value is -0.180. The van der Waals surface area contributed by atoms with Gasteiger partial charge in [0.25, 0.3) is 5.24 Å². The first-order valence-corrected chi connectivity index (χ1v) is 7.02. The summed E-state index contributed by atoms with van der Waals surface area (Å²) in [5.74, 6) is 1.65. The van der Waals surface area contributed by atoms with Gasteiger partial charge in [0.05, 0.1) is 0 Å². The summed E-state index contributed by atoms with van der Waals surface area (Å²) in [6.07, 6.45) is 3.23. The molecule has 0 aromatic heterocycles. The van der Waals surface area contributed by atoms with E-state index in [0.717, 1.165) is 38.1 Å². The van der Waals surface area contributed by atoms with E-state index in [-0.39, 0.29) is 5.24 Å². The van der Waals surface area contributed by atoms with Crippen molar-refractivity contribution < 1.29 is 4.79 Å². The van der Waals surface area contributed by atoms with Gasteiger partial charge < -0.3 is 4.90 Å². The van der Waals surface area contributed by atoms with Gasteiger partial charge in [0.2, 0.25) is 0 Å². The molecule has 0 aromatic carbocycles. The second kappa shape index (κ2) is 9.08. The highest BCUT2D eigenvalue weighted by atomic mass is 32.2. The van der Waals surface area contributed by atoms with Crippen molar-refractivity contribution in [2.45, 2.75) is 47.0 Å². The fourth-order valence-electron chi connectivity index (χ4n) is 1.31. The average Bonchev–Trinajstić information content (AvgIpc) is 2.16. The topological polar surface area (TPSA) is 20.3 Å². The van der Waals surface area contributed by atoms with Crippen molar-refractivity contribution in [2.75, 3.05) is 18.8 Å². The number of carbonyl (C=O) groups is 1. The van der Waals surface area contributed by atoms with Crippen LogP contribution in [-0.4, -0.2) is 29.0 Å². The molecule has 1 amide bonds. The van der Waals surface area contributed by atoms with Crippen molar-refractivity contribution in [1.82, 2.24) is 4.90 Å². The molecule has 0 heterocycles. The van der Waals surface area contributed by atoms with E-state index in [9.17, 15) is 4.79 Å². The molecular weight excluding hydrogens is 206 g/mol. The number of amides is 1. The Morgan fingerprint density at radius 1 is 1.20 bits per heavy atom. The molecular formula is C12H25NOS. The van der Waals surface area contributed by atoms with Crippen LogP contribution in [0.2, 0.25) is 0 Å². The van der Waals surface area contributed by atoms with Crippen LogP contribution in [0.5, 0.6) is 0 Å². The maximum atomic E-state index is 11.8. The molecule has 15 heavy (non-hydrogen) atoms. The lowest BCUT2D eigenvalue weighted by molar-refractivity contribution is 0.223. The molecule has 0 aliphatic heterocycles. The van der Waals surface area contributed by atoms with Crippen LogP contribution < -0.4 is 0 Å². The number of rotatable bonds is 7. The minimum atomic E-state index is 0.263. The summed E-state index contributed by atoms with van der Waals surface area (Å²) in [4.78, 5) is 13.8. The minimum Gasteiger partial charge on any atom is -0.334 e. The first-order chi connectivity index (χ1) is 7.11. The Bertz CT molecular complexity index is 165. The predicted octanol–water partition coefficient (Wildman–Crippen LogP) is 4.01. The normalized spacial score (nSPS) is 10.7. The van der Waals surface area contributed by atoms with Crippen molar-refractivity contribution in [3.63, 3.8) is 0 Å². The molecule has 0 fully saturated rings. The highest BCUT2D eigenvalue weighted by Gasteiger charge is 2.11. The van der Waals surface area contributed by atoms with E-state index < -0.39 is 0 Å². The second-order valence-electron chi connectivity index (χ2n) is 4.28. The summed E-state index contributed by atoms with van der Waals surface area (Å²) in [5.41, 5.74) is 0. The summed E-state index contributed by atoms with van der Waals surface area (Å²) in [6.45, 7) is 10.4. The monoisotopic (exact) mass is 231 g/mol. The van der Waals surface area contributed by atoms with Crippen molar-refractivity contribution >= 4 is 17.0 Å². The van der Waals surface area contributed by atoms with Gasteiger partial charge in [-0.2, -0.15) is 0 Å². The van der Waals surface area contributed by atoms with Crippen molar-refractivity contribution in [3.05, 3.63) is 0 Å². The summed E-state index contributed by atoms with van der Waals surface area (Å²) in [6, 6.07) is 0. The summed E-state index contributed by atoms with van der Waals surface area (Å²) >= 11 is 1.48. The molecule has 0 atom stereocenters. The SMILES string of the molecule is CCCN(CCC)C(=O)SCCC(C)C. The van der Waals surface area contributed by atoms with Crippen LogP contribution in [0.1, 0.15) is 47.0 Å². The smallest absolute Gasteiger partial charge is 0.281 e. The van der Waals surface area contributed by atoms with Gasteiger partial charge in [-0.1, -0.05) is 39.5 Å². The molecule has 0 N–H and O–H groups in total. The van der Waals surface area contributed by atoms with Gasteiger partial charge in [0, 0.05) is 18.8 Å². The van der Waals surface area contributed by atoms with Gasteiger partial charge in [-0.25, -0.2) is 0 Å². The van der Waals surface area contributed by atoms with E-state index in [4.69, 9.17) is 0 Å². The molecule has 0 bridgehead atoms. The minimum absolute atomic E-state index is 0.263. The van der Waals surface area contributed by atoms with Gasteiger partial charge in [-0.15, -0.1) is 0 Å². The fraction of sp³-hybridized carbons (Fsp3) is 0.917. The fourth-order valence-corrected chi connectivity index (χ4v) is 2.44. The van der Waals surface area contributed by atoms with E-state index in [1.165, 1.54) is 11.8 Å². The maximum absolute atomic E-state index is 11.8. The molecule has 0 unspecified atom stereocenters. The Morgan fingerprint density at radius 2 is 1.73 bits per heavy atom. The molecule has 0 radical (unpaired) electrons. The summed E-state index contributed by atoms with van der Waals surface area (Å²) in [5, 5.41) is 0.263. The molecule has 0 saturated carbocycles. The molecule has 2 nitrogen and oxygen atoms in total. The van der Waals surface area contributed by atoms with Crippen LogP contribution in [0.3, 0.4) is 0 Å². The van der Waals surface area contributed by atoms with Crippen LogP contribution in [0.15, 0.2) is 0 Å². The lowest BCUT2D eigenvalue weighted by atomic mass is 10.2. The molecule has 0 aliphatic rings. The van der Waals surface area contributed by atoms with Crippen LogP contribution in [-0.2, 0) is 0 Å². The van der Waals surface area contributed by atoms with Gasteiger partial charge >= 0.3 is 0 Å². The number of hydrogen-bond donors (Lipinski definition) is 0. The van der Waals surface area contributed by atoms with Crippen molar-refractivity contribution in [3.8, 4) is 0 Å². The third kappa shape index (κ3) is 7.71. The first-order valence-electron chi connectivity index (χ1n) is 6.03. The van der Waals surface area contributed by atoms with E-state index in [0.29, 0.717) is 5.92 Å².